The fourth-order valence-corrected chi connectivity index (χ4v) is 3.03. The number of amides is 1. The number of methoxy groups -OCH3 is 1. The SMILES string of the molecule is COc1ccc2ccccc2c1/C=C(/C#N)C(=O)Nc1cccc(Cl)c1Cl. The van der Waals surface area contributed by atoms with Gasteiger partial charge in [0.1, 0.15) is 17.4 Å². The third-order valence-electron chi connectivity index (χ3n) is 4.00. The van der Waals surface area contributed by atoms with Gasteiger partial charge < -0.3 is 10.1 Å². The number of hydrogen-bond donors (Lipinski definition) is 1. The van der Waals surface area contributed by atoms with Crippen molar-refractivity contribution in [3.63, 3.8) is 0 Å². The smallest absolute Gasteiger partial charge is 0.266 e. The van der Waals surface area contributed by atoms with Gasteiger partial charge in [-0.1, -0.05) is 59.6 Å². The van der Waals surface area contributed by atoms with Crippen LogP contribution in [0.1, 0.15) is 5.56 Å². The highest BCUT2D eigenvalue weighted by molar-refractivity contribution is 6.44. The standard InChI is InChI=1S/C21H14Cl2N2O2/c1-27-19-10-9-13-5-2-3-6-15(13)16(19)11-14(12-24)21(26)25-18-8-4-7-17(22)20(18)23/h2-11H,1H3,(H,25,26)/b14-11-. The Morgan fingerprint density at radius 2 is 1.89 bits per heavy atom. The number of hydrogen-bond acceptors (Lipinski definition) is 3. The zero-order valence-electron chi connectivity index (χ0n) is 14.3. The largest absolute Gasteiger partial charge is 0.496 e. The van der Waals surface area contributed by atoms with Crippen molar-refractivity contribution < 1.29 is 9.53 Å². The van der Waals surface area contributed by atoms with Gasteiger partial charge >= 0.3 is 0 Å². The lowest BCUT2D eigenvalue weighted by Crippen LogP contribution is -2.14. The van der Waals surface area contributed by atoms with Gasteiger partial charge in [0.05, 0.1) is 22.8 Å². The van der Waals surface area contributed by atoms with Crippen LogP contribution in [0.5, 0.6) is 5.75 Å². The lowest BCUT2D eigenvalue weighted by atomic mass is 10.0. The lowest BCUT2D eigenvalue weighted by molar-refractivity contribution is -0.112. The van der Waals surface area contributed by atoms with Crippen molar-refractivity contribution in [2.24, 2.45) is 0 Å². The maximum Gasteiger partial charge on any atom is 0.266 e. The molecule has 6 heteroatoms. The van der Waals surface area contributed by atoms with Crippen molar-refractivity contribution in [3.05, 3.63) is 75.8 Å². The molecule has 4 nitrogen and oxygen atoms in total. The number of rotatable bonds is 4. The van der Waals surface area contributed by atoms with Gasteiger partial charge in [-0.2, -0.15) is 5.26 Å². The Balaban J connectivity index is 2.04. The van der Waals surface area contributed by atoms with E-state index in [-0.39, 0.29) is 10.6 Å². The fraction of sp³-hybridized carbons (Fsp3) is 0.0476. The number of carbonyl (C=O) groups is 1. The molecule has 0 aromatic heterocycles. The minimum Gasteiger partial charge on any atom is -0.496 e. The van der Waals surface area contributed by atoms with Gasteiger partial charge in [-0.25, -0.2) is 0 Å². The van der Waals surface area contributed by atoms with E-state index in [9.17, 15) is 10.1 Å². The molecule has 0 unspecified atom stereocenters. The predicted molar refractivity (Wildman–Crippen MR) is 109 cm³/mol. The molecule has 0 fully saturated rings. The summed E-state index contributed by atoms with van der Waals surface area (Å²) in [7, 11) is 1.54. The van der Waals surface area contributed by atoms with E-state index >= 15 is 0 Å². The number of fused-ring (bicyclic) bond motifs is 1. The van der Waals surface area contributed by atoms with Crippen LogP contribution in [0.4, 0.5) is 5.69 Å². The van der Waals surface area contributed by atoms with Crippen LogP contribution in [-0.4, -0.2) is 13.0 Å². The summed E-state index contributed by atoms with van der Waals surface area (Å²) in [6.07, 6.45) is 1.51. The summed E-state index contributed by atoms with van der Waals surface area (Å²) in [5.74, 6) is -0.0216. The maximum atomic E-state index is 12.6. The molecule has 3 aromatic carbocycles. The van der Waals surface area contributed by atoms with Crippen molar-refractivity contribution in [2.45, 2.75) is 0 Å². The Morgan fingerprint density at radius 3 is 2.63 bits per heavy atom. The van der Waals surface area contributed by atoms with Crippen LogP contribution in [0, 0.1) is 11.3 Å². The van der Waals surface area contributed by atoms with Gasteiger partial charge in [-0.3, -0.25) is 4.79 Å². The molecule has 0 aliphatic carbocycles. The van der Waals surface area contributed by atoms with Gasteiger partial charge in [-0.15, -0.1) is 0 Å². The number of halogens is 2. The molecule has 0 saturated heterocycles. The minimum atomic E-state index is -0.586. The number of nitrogens with zero attached hydrogens (tertiary/aromatic N) is 1. The lowest BCUT2D eigenvalue weighted by Gasteiger charge is -2.10. The molecule has 0 radical (unpaired) electrons. The molecule has 0 spiro atoms. The molecular weight excluding hydrogens is 383 g/mol. The van der Waals surface area contributed by atoms with Crippen LogP contribution in [0.3, 0.4) is 0 Å². The van der Waals surface area contributed by atoms with Gasteiger partial charge in [0, 0.05) is 5.56 Å². The summed E-state index contributed by atoms with van der Waals surface area (Å²) in [4.78, 5) is 12.6. The van der Waals surface area contributed by atoms with Crippen molar-refractivity contribution in [3.8, 4) is 11.8 Å². The number of nitrogens with one attached hydrogen (secondary N) is 1. The third kappa shape index (κ3) is 3.90. The Bertz CT molecular complexity index is 1100. The van der Waals surface area contributed by atoms with E-state index in [2.05, 4.69) is 5.32 Å². The van der Waals surface area contributed by atoms with Crippen LogP contribution in [0.25, 0.3) is 16.8 Å². The summed E-state index contributed by atoms with van der Waals surface area (Å²) in [5.41, 5.74) is 0.903. The first kappa shape index (κ1) is 18.8. The third-order valence-corrected chi connectivity index (χ3v) is 4.82. The zero-order valence-corrected chi connectivity index (χ0v) is 15.8. The summed E-state index contributed by atoms with van der Waals surface area (Å²) in [6.45, 7) is 0. The van der Waals surface area contributed by atoms with Crippen LogP contribution in [0.15, 0.2) is 60.2 Å². The summed E-state index contributed by atoms with van der Waals surface area (Å²) in [6, 6.07) is 18.2. The molecule has 0 aliphatic heterocycles. The van der Waals surface area contributed by atoms with E-state index < -0.39 is 5.91 Å². The van der Waals surface area contributed by atoms with Crippen LogP contribution >= 0.6 is 23.2 Å². The second kappa shape index (κ2) is 8.13. The molecule has 0 saturated carbocycles. The number of benzene rings is 3. The first-order chi connectivity index (χ1) is 13.0. The summed E-state index contributed by atoms with van der Waals surface area (Å²) >= 11 is 12.1. The quantitative estimate of drug-likeness (QED) is 0.454. The van der Waals surface area contributed by atoms with E-state index in [1.54, 1.807) is 31.4 Å². The normalized spacial score (nSPS) is 11.1. The second-order valence-corrected chi connectivity index (χ2v) is 6.41. The van der Waals surface area contributed by atoms with Crippen molar-refractivity contribution >= 4 is 51.6 Å². The van der Waals surface area contributed by atoms with E-state index in [0.29, 0.717) is 22.0 Å². The number of carbonyl (C=O) groups excluding carboxylic acids is 1. The topological polar surface area (TPSA) is 62.1 Å². The average molecular weight is 397 g/mol. The van der Waals surface area contributed by atoms with Gasteiger partial charge in [0.25, 0.3) is 5.91 Å². The number of nitriles is 1. The molecule has 0 heterocycles. The first-order valence-electron chi connectivity index (χ1n) is 7.98. The maximum absolute atomic E-state index is 12.6. The predicted octanol–water partition coefficient (Wildman–Crippen LogP) is 5.70. The highest BCUT2D eigenvalue weighted by atomic mass is 35.5. The number of ether oxygens (including phenoxy) is 1. The molecule has 3 aromatic rings. The van der Waals surface area contributed by atoms with Gasteiger partial charge in [-0.05, 0) is 35.0 Å². The zero-order chi connectivity index (χ0) is 19.4. The van der Waals surface area contributed by atoms with Crippen molar-refractivity contribution in [1.29, 1.82) is 5.26 Å². The molecular formula is C21H14Cl2N2O2. The highest BCUT2D eigenvalue weighted by Gasteiger charge is 2.15. The molecule has 134 valence electrons. The Hall–Kier alpha value is -3.00. The summed E-state index contributed by atoms with van der Waals surface area (Å²) < 4.78 is 5.41. The molecule has 0 atom stereocenters. The molecule has 1 N–H and O–H groups in total. The van der Waals surface area contributed by atoms with Gasteiger partial charge in [0.15, 0.2) is 0 Å². The molecule has 1 amide bonds. The van der Waals surface area contributed by atoms with Crippen LogP contribution < -0.4 is 10.1 Å². The van der Waals surface area contributed by atoms with E-state index in [1.165, 1.54) is 6.08 Å². The van der Waals surface area contributed by atoms with E-state index in [1.807, 2.05) is 36.4 Å². The van der Waals surface area contributed by atoms with E-state index in [4.69, 9.17) is 27.9 Å². The molecule has 0 aliphatic rings. The van der Waals surface area contributed by atoms with Crippen LogP contribution in [-0.2, 0) is 4.79 Å². The molecule has 27 heavy (non-hydrogen) atoms. The molecule has 0 bridgehead atoms. The first-order valence-corrected chi connectivity index (χ1v) is 8.73. The second-order valence-electron chi connectivity index (χ2n) is 5.63. The van der Waals surface area contributed by atoms with E-state index in [0.717, 1.165) is 10.8 Å². The Morgan fingerprint density at radius 1 is 1.11 bits per heavy atom. The highest BCUT2D eigenvalue weighted by Crippen LogP contribution is 2.32. The van der Waals surface area contributed by atoms with Crippen molar-refractivity contribution in [2.75, 3.05) is 12.4 Å². The Kier molecular flexibility index (Phi) is 5.66. The number of anilines is 1. The summed E-state index contributed by atoms with van der Waals surface area (Å²) in [5, 5.41) is 14.5. The monoisotopic (exact) mass is 396 g/mol. The average Bonchev–Trinajstić information content (AvgIpc) is 2.69. The van der Waals surface area contributed by atoms with Gasteiger partial charge in [0.2, 0.25) is 0 Å². The van der Waals surface area contributed by atoms with Crippen LogP contribution in [0.2, 0.25) is 10.0 Å². The Labute approximate surface area is 166 Å². The molecule has 3 rings (SSSR count). The fourth-order valence-electron chi connectivity index (χ4n) is 2.69. The minimum absolute atomic E-state index is 0.0827. The van der Waals surface area contributed by atoms with Crippen molar-refractivity contribution in [1.82, 2.24) is 0 Å².